The van der Waals surface area contributed by atoms with Gasteiger partial charge in [-0.15, -0.1) is 10.2 Å². The summed E-state index contributed by atoms with van der Waals surface area (Å²) in [5.74, 6) is -1.15. The molecule has 1 fully saturated rings. The van der Waals surface area contributed by atoms with Gasteiger partial charge in [0.15, 0.2) is 5.16 Å². The highest BCUT2D eigenvalue weighted by Crippen LogP contribution is 2.39. The maximum absolute atomic E-state index is 12.3. The summed E-state index contributed by atoms with van der Waals surface area (Å²) in [6.07, 6.45) is 2.29. The average molecular weight is 384 g/mol. The van der Waals surface area contributed by atoms with Gasteiger partial charge in [0.2, 0.25) is 5.91 Å². The number of halogens is 2. The first-order valence-corrected chi connectivity index (χ1v) is 9.61. The number of thioether (sulfide) groups is 2. The average Bonchev–Trinajstić information content (AvgIpc) is 3.34. The molecule has 2 aromatic rings. The highest BCUT2D eigenvalue weighted by molar-refractivity contribution is 8.00. The third kappa shape index (κ3) is 4.72. The van der Waals surface area contributed by atoms with Gasteiger partial charge in [0.25, 0.3) is 5.76 Å². The summed E-state index contributed by atoms with van der Waals surface area (Å²) < 4.78 is 26.6. The zero-order chi connectivity index (χ0) is 18.0. The van der Waals surface area contributed by atoms with Crippen LogP contribution in [0.25, 0.3) is 0 Å². The number of aromatic nitrogens is 3. The van der Waals surface area contributed by atoms with Crippen molar-refractivity contribution < 1.29 is 13.6 Å². The number of rotatable bonds is 7. The first kappa shape index (κ1) is 18.2. The number of anilines is 1. The van der Waals surface area contributed by atoms with Crippen molar-refractivity contribution in [2.24, 2.45) is 7.05 Å². The number of nitrogens with zero attached hydrogens (tertiary/aromatic N) is 3. The number of carbonyl (C=O) groups is 1. The SMILES string of the molecule is C[C@H](Sc1nnc(C2CC2)n1C)C(=O)Nc1ccc(SC(F)F)cc1. The van der Waals surface area contributed by atoms with Crippen LogP contribution in [-0.4, -0.2) is 31.7 Å². The van der Waals surface area contributed by atoms with Gasteiger partial charge in [-0.25, -0.2) is 0 Å². The maximum atomic E-state index is 12.3. The Labute approximate surface area is 153 Å². The number of amides is 1. The highest BCUT2D eigenvalue weighted by Gasteiger charge is 2.30. The maximum Gasteiger partial charge on any atom is 0.288 e. The molecule has 3 rings (SSSR count). The van der Waals surface area contributed by atoms with Crippen molar-refractivity contribution in [3.8, 4) is 0 Å². The summed E-state index contributed by atoms with van der Waals surface area (Å²) >= 11 is 1.83. The van der Waals surface area contributed by atoms with Crippen molar-refractivity contribution in [3.05, 3.63) is 30.1 Å². The molecule has 25 heavy (non-hydrogen) atoms. The van der Waals surface area contributed by atoms with Gasteiger partial charge in [0, 0.05) is 23.5 Å². The van der Waals surface area contributed by atoms with E-state index in [2.05, 4.69) is 15.5 Å². The van der Waals surface area contributed by atoms with Gasteiger partial charge >= 0.3 is 0 Å². The van der Waals surface area contributed by atoms with E-state index in [-0.39, 0.29) is 11.2 Å². The van der Waals surface area contributed by atoms with Crippen LogP contribution < -0.4 is 5.32 Å². The summed E-state index contributed by atoms with van der Waals surface area (Å²) in [6, 6.07) is 6.37. The first-order chi connectivity index (χ1) is 11.9. The molecule has 1 aliphatic carbocycles. The molecule has 1 N–H and O–H groups in total. The van der Waals surface area contributed by atoms with Gasteiger partial charge in [-0.3, -0.25) is 4.79 Å². The van der Waals surface area contributed by atoms with Gasteiger partial charge in [-0.05, 0) is 44.0 Å². The Morgan fingerprint density at radius 3 is 2.52 bits per heavy atom. The topological polar surface area (TPSA) is 59.8 Å². The molecule has 0 saturated heterocycles. The number of hydrogen-bond acceptors (Lipinski definition) is 5. The summed E-state index contributed by atoms with van der Waals surface area (Å²) in [5, 5.41) is 11.5. The van der Waals surface area contributed by atoms with E-state index < -0.39 is 5.76 Å². The molecule has 0 aliphatic heterocycles. The predicted molar refractivity (Wildman–Crippen MR) is 95.2 cm³/mol. The third-order valence-electron chi connectivity index (χ3n) is 3.81. The second-order valence-electron chi connectivity index (χ2n) is 5.83. The number of hydrogen-bond donors (Lipinski definition) is 1. The molecular formula is C16H18F2N4OS2. The van der Waals surface area contributed by atoms with Crippen LogP contribution in [0.3, 0.4) is 0 Å². The van der Waals surface area contributed by atoms with E-state index in [1.165, 1.54) is 11.8 Å². The molecule has 1 heterocycles. The summed E-state index contributed by atoms with van der Waals surface area (Å²) in [7, 11) is 1.92. The number of alkyl halides is 2. The minimum absolute atomic E-state index is 0.171. The standard InChI is InChI=1S/C16H18F2N4OS2/c1-9(24-16-21-20-13(22(16)2)10-3-4-10)14(23)19-11-5-7-12(8-6-11)25-15(17)18/h5-10,15H,3-4H2,1-2H3,(H,19,23)/t9-/m0/s1. The molecule has 5 nitrogen and oxygen atoms in total. The van der Waals surface area contributed by atoms with Crippen molar-refractivity contribution in [2.45, 2.75) is 46.7 Å². The zero-order valence-corrected chi connectivity index (χ0v) is 15.4. The summed E-state index contributed by atoms with van der Waals surface area (Å²) in [5.41, 5.74) is 0.577. The normalized spacial score (nSPS) is 15.4. The molecule has 1 aliphatic rings. The van der Waals surface area contributed by atoms with Crippen molar-refractivity contribution in [3.63, 3.8) is 0 Å². The van der Waals surface area contributed by atoms with Gasteiger partial charge < -0.3 is 9.88 Å². The predicted octanol–water partition coefficient (Wildman–Crippen LogP) is 4.13. The van der Waals surface area contributed by atoms with Crippen LogP contribution in [-0.2, 0) is 11.8 Å². The molecule has 0 unspecified atom stereocenters. The Balaban J connectivity index is 1.57. The van der Waals surface area contributed by atoms with E-state index in [1.54, 1.807) is 31.2 Å². The van der Waals surface area contributed by atoms with Gasteiger partial charge in [-0.2, -0.15) is 8.78 Å². The minimum Gasteiger partial charge on any atom is -0.325 e. The quantitative estimate of drug-likeness (QED) is 0.728. The van der Waals surface area contributed by atoms with Gasteiger partial charge in [-0.1, -0.05) is 23.5 Å². The van der Waals surface area contributed by atoms with Crippen molar-refractivity contribution >= 4 is 35.1 Å². The Hall–Kier alpha value is -1.61. The molecule has 1 aromatic heterocycles. The molecule has 0 bridgehead atoms. The molecule has 1 aromatic carbocycles. The fourth-order valence-electron chi connectivity index (χ4n) is 2.30. The molecule has 134 valence electrons. The van der Waals surface area contributed by atoms with Crippen LogP contribution >= 0.6 is 23.5 Å². The van der Waals surface area contributed by atoms with E-state index in [1.807, 2.05) is 11.6 Å². The van der Waals surface area contributed by atoms with Crippen LogP contribution in [0.5, 0.6) is 0 Å². The fourth-order valence-corrected chi connectivity index (χ4v) is 3.62. The molecule has 1 saturated carbocycles. The lowest BCUT2D eigenvalue weighted by Gasteiger charge is -2.12. The van der Waals surface area contributed by atoms with Crippen LogP contribution in [0.15, 0.2) is 34.3 Å². The Morgan fingerprint density at radius 2 is 1.92 bits per heavy atom. The third-order valence-corrected chi connectivity index (χ3v) is 5.67. The molecule has 1 atom stereocenters. The molecule has 0 radical (unpaired) electrons. The van der Waals surface area contributed by atoms with E-state index in [0.29, 0.717) is 33.4 Å². The van der Waals surface area contributed by atoms with Crippen LogP contribution in [0.4, 0.5) is 14.5 Å². The van der Waals surface area contributed by atoms with E-state index in [0.717, 1.165) is 18.7 Å². The summed E-state index contributed by atoms with van der Waals surface area (Å²) in [4.78, 5) is 12.8. The van der Waals surface area contributed by atoms with Crippen LogP contribution in [0.2, 0.25) is 0 Å². The van der Waals surface area contributed by atoms with E-state index in [9.17, 15) is 13.6 Å². The van der Waals surface area contributed by atoms with Crippen LogP contribution in [0, 0.1) is 0 Å². The molecule has 9 heteroatoms. The largest absolute Gasteiger partial charge is 0.325 e. The monoisotopic (exact) mass is 384 g/mol. The number of carbonyl (C=O) groups excluding carboxylic acids is 1. The second kappa shape index (κ2) is 7.74. The lowest BCUT2D eigenvalue weighted by molar-refractivity contribution is -0.115. The second-order valence-corrected chi connectivity index (χ2v) is 8.20. The Bertz CT molecular complexity index is 747. The van der Waals surface area contributed by atoms with Crippen molar-refractivity contribution in [1.29, 1.82) is 0 Å². The van der Waals surface area contributed by atoms with E-state index >= 15 is 0 Å². The number of nitrogens with one attached hydrogen (secondary N) is 1. The fraction of sp³-hybridized carbons (Fsp3) is 0.438. The molecular weight excluding hydrogens is 366 g/mol. The lowest BCUT2D eigenvalue weighted by atomic mass is 10.3. The van der Waals surface area contributed by atoms with Crippen molar-refractivity contribution in [1.82, 2.24) is 14.8 Å². The number of benzene rings is 1. The molecule has 0 spiro atoms. The minimum atomic E-state index is -2.45. The smallest absolute Gasteiger partial charge is 0.288 e. The lowest BCUT2D eigenvalue weighted by Crippen LogP contribution is -2.22. The van der Waals surface area contributed by atoms with Crippen molar-refractivity contribution in [2.75, 3.05) is 5.32 Å². The van der Waals surface area contributed by atoms with Crippen LogP contribution in [0.1, 0.15) is 31.5 Å². The van der Waals surface area contributed by atoms with E-state index in [4.69, 9.17) is 0 Å². The zero-order valence-electron chi connectivity index (χ0n) is 13.8. The molecule has 1 amide bonds. The summed E-state index contributed by atoms with van der Waals surface area (Å²) in [6.45, 7) is 1.80. The Morgan fingerprint density at radius 1 is 1.24 bits per heavy atom. The van der Waals surface area contributed by atoms with Gasteiger partial charge in [0.05, 0.1) is 5.25 Å². The Kier molecular flexibility index (Phi) is 5.63. The highest BCUT2D eigenvalue weighted by atomic mass is 32.2. The first-order valence-electron chi connectivity index (χ1n) is 7.85. The van der Waals surface area contributed by atoms with Gasteiger partial charge in [0.1, 0.15) is 5.82 Å².